The number of aliphatic hydroxyl groups is 4. The molecule has 4 heterocycles. The molecule has 0 saturated heterocycles. The molecular weight excluding hydrogens is 1010 g/mol. The smallest absolute Gasteiger partial charge is 0.390 e. The van der Waals surface area contributed by atoms with Crippen LogP contribution in [0.5, 0.6) is 0 Å². The van der Waals surface area contributed by atoms with Gasteiger partial charge < -0.3 is 56.0 Å². The molecule has 11 N–H and O–H groups in total. The van der Waals surface area contributed by atoms with Gasteiger partial charge in [-0.2, -0.15) is 10.2 Å². The number of halogens is 2. The summed E-state index contributed by atoms with van der Waals surface area (Å²) in [6, 6.07) is -1.75. The molecule has 6 unspecified atom stereocenters. The maximum atomic E-state index is 13.3. The van der Waals surface area contributed by atoms with Gasteiger partial charge in [-0.25, -0.2) is 28.6 Å². The summed E-state index contributed by atoms with van der Waals surface area (Å²) in [6.07, 6.45) is -7.73. The van der Waals surface area contributed by atoms with Gasteiger partial charge in [0.1, 0.15) is 48.4 Å². The third-order valence-corrected chi connectivity index (χ3v) is 22.8. The van der Waals surface area contributed by atoms with E-state index in [2.05, 4.69) is 57.0 Å². The van der Waals surface area contributed by atoms with Crippen molar-refractivity contribution in [3.63, 3.8) is 0 Å². The second kappa shape index (κ2) is 19.4. The minimum absolute atomic E-state index is 0. The van der Waals surface area contributed by atoms with Gasteiger partial charge in [0, 0.05) is 11.8 Å². The number of alkyl halides is 2. The fourth-order valence-corrected chi connectivity index (χ4v) is 17.3. The molecule has 2 aromatic heterocycles. The van der Waals surface area contributed by atoms with Gasteiger partial charge >= 0.3 is 48.6 Å². The minimum Gasteiger partial charge on any atom is -0.390 e. The van der Waals surface area contributed by atoms with Crippen LogP contribution in [-0.4, -0.2) is 121 Å². The Hall–Kier alpha value is 0.490. The zero-order valence-corrected chi connectivity index (χ0v) is 41.5. The van der Waals surface area contributed by atoms with Crippen LogP contribution in [0.15, 0.2) is 30.8 Å². The second-order valence-corrected chi connectivity index (χ2v) is 29.0. The maximum absolute atomic E-state index is 13.3. The molecule has 0 spiro atoms. The van der Waals surface area contributed by atoms with E-state index in [0.29, 0.717) is 21.7 Å². The molecule has 6 rings (SSSR count). The Morgan fingerprint density at radius 3 is 1.57 bits per heavy atom. The Labute approximate surface area is 391 Å². The van der Waals surface area contributed by atoms with E-state index in [1.165, 1.54) is 23.5 Å². The first-order chi connectivity index (χ1) is 27.3. The second-order valence-electron chi connectivity index (χ2n) is 13.4. The molecular formula is C25H36Cl2N10NaO14P4S4+. The summed E-state index contributed by atoms with van der Waals surface area (Å²) >= 11 is 22.9. The molecule has 14 atom stereocenters. The van der Waals surface area contributed by atoms with Crippen LogP contribution >= 0.6 is 87.2 Å². The predicted octanol–water partition coefficient (Wildman–Crippen LogP) is 0.942. The first-order valence-electron chi connectivity index (χ1n) is 16.6. The van der Waals surface area contributed by atoms with Gasteiger partial charge in [0.05, 0.1) is 24.4 Å². The monoisotopic (exact) mass is 1040 g/mol. The van der Waals surface area contributed by atoms with Gasteiger partial charge in [-0.05, 0) is 37.2 Å². The standard InChI is InChI=1S/C25H36Cl2N10O14P4S4.Na/c1-58-23-30-13-11(34-36-15(13)21(28)32-23)7-3-9(19(40)17(7)38)48-5-52(42,56)50-54(44,45)25(26,27)55(46,47)51-53(43,57)6-49-10-4-8(18(39)20(10)41)12-14-16(37-35-12)22(29)33-24(31-14)59-2;/h7-12,17-20,38-41H,3-6H2,1-2H3,(H,42,56)(H,43,57)(H,44,45)(H,46,47)(H2,28,30,32)(H2,29,31,33);/q;+1/t7-,8-,9-,10-,11?,12?,17-,18-,19+,20+,52?,53?;/m0./s1. The Morgan fingerprint density at radius 2 is 1.15 bits per heavy atom. The van der Waals surface area contributed by atoms with E-state index in [0.717, 1.165) is 0 Å². The molecule has 328 valence electrons. The van der Waals surface area contributed by atoms with E-state index in [-0.39, 0.29) is 65.4 Å². The molecule has 60 heavy (non-hydrogen) atoms. The van der Waals surface area contributed by atoms with Crippen molar-refractivity contribution in [2.45, 2.75) is 75.7 Å². The number of rotatable bonds is 16. The summed E-state index contributed by atoms with van der Waals surface area (Å²) in [7, 11) is -12.0. The molecule has 0 aromatic carbocycles. The number of nitrogens with zero attached hydrogens (tertiary/aromatic N) is 8. The number of hydrogen-bond acceptors (Lipinski definition) is 24. The fraction of sp³-hybridized carbons (Fsp3) is 0.680. The van der Waals surface area contributed by atoms with Crippen LogP contribution in [0.1, 0.15) is 36.3 Å². The van der Waals surface area contributed by atoms with E-state index >= 15 is 0 Å². The summed E-state index contributed by atoms with van der Waals surface area (Å²) in [5.41, 5.74) is 12.9. The van der Waals surface area contributed by atoms with Crippen molar-refractivity contribution in [1.82, 2.24) is 19.9 Å². The van der Waals surface area contributed by atoms with Crippen LogP contribution in [0.3, 0.4) is 0 Å². The van der Waals surface area contributed by atoms with E-state index < -0.39 is 105 Å². The molecule has 0 radical (unpaired) electrons. The van der Waals surface area contributed by atoms with Crippen LogP contribution < -0.4 is 41.0 Å². The Bertz CT molecular complexity index is 2100. The summed E-state index contributed by atoms with van der Waals surface area (Å²) in [5, 5.41) is 60.1. The van der Waals surface area contributed by atoms with Crippen LogP contribution in [-0.2, 0) is 43.6 Å². The SMILES string of the molecule is CSc1nc(N)c2c(n1)C([C@@H]1C[C@H](OCP(=O)(S)OP(=O)(O)C(Cl)(Cl)P(=O)(O)OP(O)(=S)CO[C@H]3C[C@@H](C4N=Nc5c(N)nc(SC)nc54)[C@H](O)[C@@H]3O)[C@@H](O)[C@H]1O)N=N2.[Na+]. The Kier molecular flexibility index (Phi) is 16.6. The molecule has 0 bridgehead atoms. The molecule has 35 heteroatoms. The van der Waals surface area contributed by atoms with Gasteiger partial charge in [0.15, 0.2) is 33.3 Å². The van der Waals surface area contributed by atoms with Gasteiger partial charge in [-0.15, -0.1) is 10.2 Å². The van der Waals surface area contributed by atoms with E-state index in [9.17, 15) is 48.8 Å². The number of nitrogen functional groups attached to an aromatic ring is 2. The van der Waals surface area contributed by atoms with E-state index in [4.69, 9.17) is 60.3 Å². The van der Waals surface area contributed by atoms with Crippen molar-refractivity contribution in [1.29, 1.82) is 0 Å². The van der Waals surface area contributed by atoms with Gasteiger partial charge in [-0.1, -0.05) is 59.0 Å². The van der Waals surface area contributed by atoms with Crippen molar-refractivity contribution in [2.24, 2.45) is 32.3 Å². The number of aromatic nitrogens is 4. The van der Waals surface area contributed by atoms with Crippen LogP contribution in [0, 0.1) is 11.8 Å². The van der Waals surface area contributed by atoms with Crippen molar-refractivity contribution in [2.75, 3.05) is 36.7 Å². The van der Waals surface area contributed by atoms with E-state index in [1.807, 2.05) is 0 Å². The number of azo groups is 2. The Morgan fingerprint density at radius 1 is 0.750 bits per heavy atom. The molecule has 2 saturated carbocycles. The summed E-state index contributed by atoms with van der Waals surface area (Å²) in [5.74, 6) is -1.58. The zero-order valence-electron chi connectivity index (χ0n) is 31.0. The maximum Gasteiger partial charge on any atom is 1.00 e. The normalized spacial score (nSPS) is 32.4. The molecule has 0 amide bonds. The van der Waals surface area contributed by atoms with Gasteiger partial charge in [-0.3, -0.25) is 13.7 Å². The number of ether oxygens (including phenoxy) is 2. The Balaban J connectivity index is 0.00000683. The first kappa shape index (κ1) is 51.5. The van der Waals surface area contributed by atoms with Crippen LogP contribution in [0.2, 0.25) is 0 Å². The number of thiol groups is 1. The van der Waals surface area contributed by atoms with Crippen molar-refractivity contribution in [3.8, 4) is 0 Å². The quantitative estimate of drug-likeness (QED) is 0.0279. The molecule has 24 nitrogen and oxygen atoms in total. The number of hydrogen-bond donors (Lipinski definition) is 10. The molecule has 2 fully saturated rings. The van der Waals surface area contributed by atoms with Crippen LogP contribution in [0.25, 0.3) is 0 Å². The topological polar surface area (TPSA) is 383 Å². The minimum atomic E-state index is -5.99. The first-order valence-corrected chi connectivity index (χ1v) is 28.8. The number of aliphatic hydroxyl groups excluding tert-OH is 4. The van der Waals surface area contributed by atoms with Crippen LogP contribution in [0.4, 0.5) is 23.0 Å². The average molecular weight is 1050 g/mol. The molecule has 2 aliphatic heterocycles. The van der Waals surface area contributed by atoms with E-state index in [1.54, 1.807) is 12.5 Å². The molecule has 2 aliphatic carbocycles. The largest absolute Gasteiger partial charge is 1.00 e. The number of fused-ring (bicyclic) bond motifs is 2. The third-order valence-electron chi connectivity index (χ3n) is 9.54. The van der Waals surface area contributed by atoms with Crippen molar-refractivity contribution >= 4 is 122 Å². The molecule has 2 aromatic rings. The summed E-state index contributed by atoms with van der Waals surface area (Å²) in [6.45, 7) is -9.44. The van der Waals surface area contributed by atoms with Crippen molar-refractivity contribution < 1.29 is 96.5 Å². The fourth-order valence-electron chi connectivity index (χ4n) is 6.70. The molecule has 4 aliphatic rings. The van der Waals surface area contributed by atoms with Gasteiger partial charge in [0.2, 0.25) is 6.49 Å². The summed E-state index contributed by atoms with van der Waals surface area (Å²) in [4.78, 5) is 49.1. The van der Waals surface area contributed by atoms with Gasteiger partial charge in [0.25, 0.3) is 6.57 Å². The third kappa shape index (κ3) is 10.4. The number of nitrogens with two attached hydrogens (primary N) is 2. The number of anilines is 2. The predicted molar refractivity (Wildman–Crippen MR) is 220 cm³/mol. The summed E-state index contributed by atoms with van der Waals surface area (Å²) < 4.78 is 56.4. The number of thioether (sulfide) groups is 2. The van der Waals surface area contributed by atoms with Crippen molar-refractivity contribution in [3.05, 3.63) is 11.4 Å². The zero-order chi connectivity index (χ0) is 43.6. The average Bonchev–Trinajstić information content (AvgIpc) is 3.90.